The van der Waals surface area contributed by atoms with Gasteiger partial charge in [0.2, 0.25) is 0 Å². The van der Waals surface area contributed by atoms with E-state index in [0.29, 0.717) is 0 Å². The molecule has 0 atom stereocenters. The van der Waals surface area contributed by atoms with Crippen LogP contribution in [0.5, 0.6) is 0 Å². The van der Waals surface area contributed by atoms with Gasteiger partial charge in [0.15, 0.2) is 0 Å². The molecule has 0 fully saturated rings. The van der Waals surface area contributed by atoms with Gasteiger partial charge in [-0.1, -0.05) is 164 Å². The van der Waals surface area contributed by atoms with E-state index in [1.54, 1.807) is 0 Å². The van der Waals surface area contributed by atoms with E-state index < -0.39 is 0 Å². The Kier molecular flexibility index (Phi) is 7.89. The second kappa shape index (κ2) is 13.9. The minimum atomic E-state index is 0.895. The first kappa shape index (κ1) is 34.1. The minimum absolute atomic E-state index is 0.895. The first-order valence-electron chi connectivity index (χ1n) is 20.6. The molecule has 0 unspecified atom stereocenters. The highest BCUT2D eigenvalue weighted by molar-refractivity contribution is 6.16. The number of rotatable bonds is 6. The monoisotopic (exact) mass is 763 g/mol. The lowest BCUT2D eigenvalue weighted by Crippen LogP contribution is -2.11. The van der Waals surface area contributed by atoms with Crippen molar-refractivity contribution in [2.45, 2.75) is 0 Å². The molecule has 0 aliphatic rings. The van der Waals surface area contributed by atoms with Crippen LogP contribution in [0.4, 0.5) is 17.1 Å². The van der Waals surface area contributed by atoms with Gasteiger partial charge in [0, 0.05) is 27.7 Å². The lowest BCUT2D eigenvalue weighted by Gasteiger charge is -2.29. The predicted molar refractivity (Wildman–Crippen MR) is 255 cm³/mol. The molecule has 0 saturated carbocycles. The van der Waals surface area contributed by atoms with Crippen molar-refractivity contribution in [3.8, 4) is 33.4 Å². The Morgan fingerprint density at radius 1 is 0.283 bits per heavy atom. The molecule has 0 aliphatic heterocycles. The van der Waals surface area contributed by atoms with Crippen molar-refractivity contribution >= 4 is 82.1 Å². The Morgan fingerprint density at radius 3 is 1.50 bits per heavy atom. The zero-order chi connectivity index (χ0) is 39.6. The third-order valence-electron chi connectivity index (χ3n) is 12.2. The van der Waals surface area contributed by atoms with Gasteiger partial charge in [0.1, 0.15) is 11.2 Å². The Hall–Kier alpha value is -7.94. The Labute approximate surface area is 347 Å². The molecule has 0 aliphatic carbocycles. The van der Waals surface area contributed by atoms with Crippen molar-refractivity contribution in [2.24, 2.45) is 0 Å². The molecular weight excluding hydrogens is 727 g/mol. The summed E-state index contributed by atoms with van der Waals surface area (Å²) >= 11 is 0. The number of nitrogens with zero attached hydrogens (tertiary/aromatic N) is 1. The van der Waals surface area contributed by atoms with Gasteiger partial charge < -0.3 is 9.32 Å². The van der Waals surface area contributed by atoms with E-state index >= 15 is 0 Å². The largest absolute Gasteiger partial charge is 0.456 e. The molecule has 0 saturated heterocycles. The highest BCUT2D eigenvalue weighted by Crippen LogP contribution is 2.45. The Balaban J connectivity index is 1.03. The molecule has 12 aromatic rings. The van der Waals surface area contributed by atoms with Crippen LogP contribution < -0.4 is 4.90 Å². The zero-order valence-electron chi connectivity index (χ0n) is 32.7. The second-order valence-electron chi connectivity index (χ2n) is 15.7. The molecule has 0 N–H and O–H groups in total. The Morgan fingerprint density at radius 2 is 0.800 bits per heavy atom. The van der Waals surface area contributed by atoms with Gasteiger partial charge in [-0.25, -0.2) is 0 Å². The van der Waals surface area contributed by atoms with Crippen molar-refractivity contribution in [1.82, 2.24) is 0 Å². The molecule has 0 spiro atoms. The summed E-state index contributed by atoms with van der Waals surface area (Å²) < 4.78 is 6.47. The summed E-state index contributed by atoms with van der Waals surface area (Å²) in [7, 11) is 0. The lowest BCUT2D eigenvalue weighted by atomic mass is 9.93. The molecule has 11 aromatic carbocycles. The fraction of sp³-hybridized carbons (Fsp3) is 0. The average Bonchev–Trinajstić information content (AvgIpc) is 3.69. The van der Waals surface area contributed by atoms with Crippen LogP contribution in [0.1, 0.15) is 0 Å². The van der Waals surface area contributed by atoms with Crippen LogP contribution in [0.3, 0.4) is 0 Å². The smallest absolute Gasteiger partial charge is 0.136 e. The van der Waals surface area contributed by atoms with Gasteiger partial charge in [0.25, 0.3) is 0 Å². The molecule has 60 heavy (non-hydrogen) atoms. The van der Waals surface area contributed by atoms with Crippen LogP contribution in [0.2, 0.25) is 0 Å². The first-order valence-corrected chi connectivity index (χ1v) is 20.6. The number of fused-ring (bicyclic) bond motifs is 8. The molecule has 1 aromatic heterocycles. The molecule has 280 valence electrons. The summed E-state index contributed by atoms with van der Waals surface area (Å²) in [6.07, 6.45) is 0. The molecule has 0 bridgehead atoms. The number of benzene rings is 11. The maximum atomic E-state index is 6.47. The zero-order valence-corrected chi connectivity index (χ0v) is 32.7. The van der Waals surface area contributed by atoms with Crippen molar-refractivity contribution in [3.05, 3.63) is 224 Å². The third kappa shape index (κ3) is 5.65. The number of anilines is 3. The van der Waals surface area contributed by atoms with E-state index in [1.807, 2.05) is 0 Å². The summed E-state index contributed by atoms with van der Waals surface area (Å²) in [5.41, 5.74) is 12.1. The molecular formula is C58H37NO. The molecule has 1 heterocycles. The van der Waals surface area contributed by atoms with Crippen LogP contribution in [-0.2, 0) is 0 Å². The summed E-state index contributed by atoms with van der Waals surface area (Å²) in [5, 5.41) is 12.1. The molecule has 0 amide bonds. The fourth-order valence-corrected chi connectivity index (χ4v) is 9.31. The van der Waals surface area contributed by atoms with Crippen LogP contribution in [-0.4, -0.2) is 0 Å². The van der Waals surface area contributed by atoms with Crippen LogP contribution in [0.15, 0.2) is 229 Å². The van der Waals surface area contributed by atoms with E-state index in [2.05, 4.69) is 229 Å². The highest BCUT2D eigenvalue weighted by Gasteiger charge is 2.20. The normalized spacial score (nSPS) is 11.7. The van der Waals surface area contributed by atoms with Gasteiger partial charge in [-0.05, 0) is 132 Å². The van der Waals surface area contributed by atoms with Crippen molar-refractivity contribution in [2.75, 3.05) is 4.90 Å². The standard InChI is InChI=1S/C58H37NO/c1-2-13-38(14-3-1)53-33-41-15-4-6-17-43(41)36-55(53)59(47-31-27-40(28-32-47)52-35-45-19-8-9-20-48(45)50-21-10-11-22-51(50)52)46-29-25-39(26-30-46)49-23-12-24-56-58(49)54-34-42-16-5-7-18-44(42)37-57(54)60-56/h1-37H. The third-order valence-corrected chi connectivity index (χ3v) is 12.2. The maximum Gasteiger partial charge on any atom is 0.136 e. The van der Waals surface area contributed by atoms with Crippen LogP contribution >= 0.6 is 0 Å². The SMILES string of the molecule is c1ccc(-c2cc3ccccc3cc2N(c2ccc(-c3cc4ccccc4c4ccccc34)cc2)c2ccc(-c3cccc4oc5cc6ccccc6cc5c34)cc2)cc1. The maximum absolute atomic E-state index is 6.47. The van der Waals surface area contributed by atoms with Crippen LogP contribution in [0.25, 0.3) is 98.4 Å². The summed E-state index contributed by atoms with van der Waals surface area (Å²) in [4.78, 5) is 2.42. The van der Waals surface area contributed by atoms with Gasteiger partial charge in [-0.2, -0.15) is 0 Å². The van der Waals surface area contributed by atoms with E-state index in [0.717, 1.165) is 50.1 Å². The second-order valence-corrected chi connectivity index (χ2v) is 15.7. The topological polar surface area (TPSA) is 16.4 Å². The van der Waals surface area contributed by atoms with Crippen molar-refractivity contribution in [1.29, 1.82) is 0 Å². The molecule has 0 radical (unpaired) electrons. The summed E-state index contributed by atoms with van der Waals surface area (Å²) in [6.45, 7) is 0. The summed E-state index contributed by atoms with van der Waals surface area (Å²) in [5.74, 6) is 0. The van der Waals surface area contributed by atoms with E-state index in [-0.39, 0.29) is 0 Å². The minimum Gasteiger partial charge on any atom is -0.456 e. The van der Waals surface area contributed by atoms with Gasteiger partial charge in [0.05, 0.1) is 5.69 Å². The predicted octanol–water partition coefficient (Wildman–Crippen LogP) is 16.7. The molecule has 2 heteroatoms. The first-order chi connectivity index (χ1) is 29.7. The van der Waals surface area contributed by atoms with Crippen molar-refractivity contribution < 1.29 is 4.42 Å². The molecule has 2 nitrogen and oxygen atoms in total. The van der Waals surface area contributed by atoms with Gasteiger partial charge in [-0.3, -0.25) is 0 Å². The van der Waals surface area contributed by atoms with E-state index in [9.17, 15) is 0 Å². The highest BCUT2D eigenvalue weighted by atomic mass is 16.3. The number of hydrogen-bond acceptors (Lipinski definition) is 2. The Bertz CT molecular complexity index is 3580. The average molecular weight is 764 g/mol. The van der Waals surface area contributed by atoms with E-state index in [4.69, 9.17) is 4.42 Å². The molecule has 12 rings (SSSR count). The lowest BCUT2D eigenvalue weighted by molar-refractivity contribution is 0.669. The van der Waals surface area contributed by atoms with Gasteiger partial charge in [-0.15, -0.1) is 0 Å². The van der Waals surface area contributed by atoms with Gasteiger partial charge >= 0.3 is 0 Å². The fourth-order valence-electron chi connectivity index (χ4n) is 9.31. The van der Waals surface area contributed by atoms with E-state index in [1.165, 1.54) is 65.3 Å². The summed E-state index contributed by atoms with van der Waals surface area (Å²) in [6, 6.07) is 81.4. The quantitative estimate of drug-likeness (QED) is 0.157. The van der Waals surface area contributed by atoms with Crippen LogP contribution in [0, 0.1) is 0 Å². The number of hydrogen-bond donors (Lipinski definition) is 0. The number of furan rings is 1. The van der Waals surface area contributed by atoms with Crippen molar-refractivity contribution in [3.63, 3.8) is 0 Å².